The van der Waals surface area contributed by atoms with E-state index in [2.05, 4.69) is 15.2 Å². The van der Waals surface area contributed by atoms with E-state index in [0.717, 1.165) is 11.1 Å². The van der Waals surface area contributed by atoms with Crippen LogP contribution in [0.2, 0.25) is 0 Å². The van der Waals surface area contributed by atoms with E-state index in [1.807, 2.05) is 42.6 Å². The number of nitrogens with two attached hydrogens (primary N) is 1. The highest BCUT2D eigenvalue weighted by atomic mass is 16.4. The molecule has 0 aliphatic carbocycles. The molecule has 6 heteroatoms. The lowest BCUT2D eigenvalue weighted by Crippen LogP contribution is -2.18. The summed E-state index contributed by atoms with van der Waals surface area (Å²) in [7, 11) is 0. The van der Waals surface area contributed by atoms with E-state index >= 15 is 0 Å². The van der Waals surface area contributed by atoms with Crippen molar-refractivity contribution in [3.8, 4) is 16.8 Å². The summed E-state index contributed by atoms with van der Waals surface area (Å²) in [5.41, 5.74) is 8.72. The molecule has 0 bridgehead atoms. The van der Waals surface area contributed by atoms with Crippen molar-refractivity contribution in [2.75, 3.05) is 0 Å². The largest absolute Gasteiger partial charge is 0.409 e. The first-order chi connectivity index (χ1) is 10.3. The van der Waals surface area contributed by atoms with E-state index in [1.165, 1.54) is 0 Å². The monoisotopic (exact) mass is 279 g/mol. The molecule has 0 saturated carbocycles. The summed E-state index contributed by atoms with van der Waals surface area (Å²) < 4.78 is 1.66. The zero-order valence-corrected chi connectivity index (χ0v) is 11.1. The Balaban J connectivity index is 2.05. The number of nitrogens with zero attached hydrogens (tertiary/aromatic N) is 4. The predicted molar refractivity (Wildman–Crippen MR) is 79.3 cm³/mol. The number of amidine groups is 1. The molecule has 6 nitrogen and oxygen atoms in total. The summed E-state index contributed by atoms with van der Waals surface area (Å²) in [5, 5.41) is 16.2. The minimum atomic E-state index is -0.0534. The molecule has 0 aliphatic heterocycles. The summed E-state index contributed by atoms with van der Waals surface area (Å²) in [6.45, 7) is 0. The van der Waals surface area contributed by atoms with E-state index in [0.29, 0.717) is 11.4 Å². The molecule has 1 aromatic carbocycles. The van der Waals surface area contributed by atoms with Crippen molar-refractivity contribution in [1.82, 2.24) is 14.8 Å². The first-order valence-electron chi connectivity index (χ1n) is 6.33. The van der Waals surface area contributed by atoms with Crippen LogP contribution in [0.5, 0.6) is 0 Å². The minimum absolute atomic E-state index is 0.0534. The van der Waals surface area contributed by atoms with Crippen LogP contribution in [0.3, 0.4) is 0 Å². The standard InChI is InChI=1S/C15H13N5O/c16-15(19-21)14-13(7-4-8-17-14)20-10-12(9-18-20)11-5-2-1-3-6-11/h1-10,21H,(H2,16,19). The maximum absolute atomic E-state index is 8.84. The second-order valence-electron chi connectivity index (χ2n) is 4.40. The Morgan fingerprint density at radius 3 is 2.67 bits per heavy atom. The Bertz CT molecular complexity index is 780. The third-order valence-corrected chi connectivity index (χ3v) is 3.07. The van der Waals surface area contributed by atoms with Crippen molar-refractivity contribution < 1.29 is 5.21 Å². The predicted octanol–water partition coefficient (Wildman–Crippen LogP) is 2.03. The van der Waals surface area contributed by atoms with Crippen molar-refractivity contribution in [2.45, 2.75) is 0 Å². The van der Waals surface area contributed by atoms with E-state index in [4.69, 9.17) is 10.9 Å². The number of oxime groups is 1. The van der Waals surface area contributed by atoms with Crippen molar-refractivity contribution >= 4 is 5.84 Å². The van der Waals surface area contributed by atoms with E-state index in [1.54, 1.807) is 23.1 Å². The van der Waals surface area contributed by atoms with Crippen LogP contribution in [0.15, 0.2) is 66.2 Å². The van der Waals surface area contributed by atoms with Crippen LogP contribution >= 0.6 is 0 Å². The Labute approximate surface area is 121 Å². The highest BCUT2D eigenvalue weighted by molar-refractivity contribution is 5.98. The summed E-state index contributed by atoms with van der Waals surface area (Å²) in [4.78, 5) is 4.13. The molecule has 0 fully saturated rings. The summed E-state index contributed by atoms with van der Waals surface area (Å²) in [5.74, 6) is -0.0534. The summed E-state index contributed by atoms with van der Waals surface area (Å²) in [6.07, 6.45) is 5.22. The molecule has 0 spiro atoms. The average Bonchev–Trinajstić information content (AvgIpc) is 3.05. The first kappa shape index (κ1) is 12.9. The van der Waals surface area contributed by atoms with E-state index in [9.17, 15) is 0 Å². The maximum Gasteiger partial charge on any atom is 0.190 e. The molecule has 0 amide bonds. The molecule has 0 aliphatic rings. The van der Waals surface area contributed by atoms with E-state index < -0.39 is 0 Å². The molecule has 3 aromatic rings. The highest BCUT2D eigenvalue weighted by Crippen LogP contribution is 2.20. The third kappa shape index (κ3) is 2.46. The van der Waals surface area contributed by atoms with Gasteiger partial charge in [-0.2, -0.15) is 5.10 Å². The normalized spacial score (nSPS) is 11.5. The molecule has 0 saturated heterocycles. The van der Waals surface area contributed by atoms with Gasteiger partial charge in [0.05, 0.1) is 11.9 Å². The second kappa shape index (κ2) is 5.46. The lowest BCUT2D eigenvalue weighted by Gasteiger charge is -2.06. The van der Waals surface area contributed by atoms with Gasteiger partial charge in [0.25, 0.3) is 0 Å². The quantitative estimate of drug-likeness (QED) is 0.332. The SMILES string of the molecule is N/C(=N/O)c1ncccc1-n1cc(-c2ccccc2)cn1. The molecule has 0 unspecified atom stereocenters. The zero-order chi connectivity index (χ0) is 14.7. The van der Waals surface area contributed by atoms with Crippen LogP contribution < -0.4 is 5.73 Å². The van der Waals surface area contributed by atoms with Crippen LogP contribution in [0.1, 0.15) is 5.69 Å². The lowest BCUT2D eigenvalue weighted by atomic mass is 10.1. The molecular weight excluding hydrogens is 266 g/mol. The Morgan fingerprint density at radius 1 is 1.10 bits per heavy atom. The van der Waals surface area contributed by atoms with Crippen LogP contribution in [0, 0.1) is 0 Å². The smallest absolute Gasteiger partial charge is 0.190 e. The molecule has 0 atom stereocenters. The van der Waals surface area contributed by atoms with Crippen LogP contribution in [-0.4, -0.2) is 25.8 Å². The molecule has 3 N–H and O–H groups in total. The number of hydrogen-bond acceptors (Lipinski definition) is 4. The average molecular weight is 279 g/mol. The fourth-order valence-electron chi connectivity index (χ4n) is 2.06. The number of benzene rings is 1. The molecule has 0 radical (unpaired) electrons. The number of hydrogen-bond donors (Lipinski definition) is 2. The van der Waals surface area contributed by atoms with Gasteiger partial charge >= 0.3 is 0 Å². The Morgan fingerprint density at radius 2 is 1.90 bits per heavy atom. The van der Waals surface area contributed by atoms with Gasteiger partial charge in [-0.05, 0) is 17.7 Å². The van der Waals surface area contributed by atoms with Crippen molar-refractivity contribution in [3.05, 3.63) is 66.7 Å². The van der Waals surface area contributed by atoms with Gasteiger partial charge < -0.3 is 10.9 Å². The highest BCUT2D eigenvalue weighted by Gasteiger charge is 2.11. The van der Waals surface area contributed by atoms with Crippen LogP contribution in [0.4, 0.5) is 0 Å². The van der Waals surface area contributed by atoms with Gasteiger partial charge in [-0.15, -0.1) is 0 Å². The molecule has 104 valence electrons. The second-order valence-corrected chi connectivity index (χ2v) is 4.40. The molecular formula is C15H13N5O. The molecule has 2 heterocycles. The van der Waals surface area contributed by atoms with Gasteiger partial charge in [0, 0.05) is 18.0 Å². The minimum Gasteiger partial charge on any atom is -0.409 e. The van der Waals surface area contributed by atoms with Gasteiger partial charge in [0.15, 0.2) is 5.84 Å². The van der Waals surface area contributed by atoms with Crippen molar-refractivity contribution in [2.24, 2.45) is 10.9 Å². The van der Waals surface area contributed by atoms with Gasteiger partial charge in [-0.1, -0.05) is 35.5 Å². The summed E-state index contributed by atoms with van der Waals surface area (Å²) in [6, 6.07) is 13.5. The van der Waals surface area contributed by atoms with Gasteiger partial charge in [0.2, 0.25) is 0 Å². The fraction of sp³-hybridized carbons (Fsp3) is 0. The number of pyridine rings is 1. The van der Waals surface area contributed by atoms with Gasteiger partial charge in [-0.25, -0.2) is 4.68 Å². The topological polar surface area (TPSA) is 89.3 Å². The summed E-state index contributed by atoms with van der Waals surface area (Å²) >= 11 is 0. The first-order valence-corrected chi connectivity index (χ1v) is 6.33. The Kier molecular flexibility index (Phi) is 3.34. The van der Waals surface area contributed by atoms with Crippen molar-refractivity contribution in [1.29, 1.82) is 0 Å². The van der Waals surface area contributed by atoms with Gasteiger partial charge in [-0.3, -0.25) is 4.98 Å². The molecule has 3 rings (SSSR count). The molecule has 2 aromatic heterocycles. The van der Waals surface area contributed by atoms with Gasteiger partial charge in [0.1, 0.15) is 5.69 Å². The van der Waals surface area contributed by atoms with Crippen LogP contribution in [0.25, 0.3) is 16.8 Å². The van der Waals surface area contributed by atoms with Crippen LogP contribution in [-0.2, 0) is 0 Å². The molecule has 21 heavy (non-hydrogen) atoms. The van der Waals surface area contributed by atoms with Crippen molar-refractivity contribution in [3.63, 3.8) is 0 Å². The number of rotatable bonds is 3. The zero-order valence-electron chi connectivity index (χ0n) is 11.1. The fourth-order valence-corrected chi connectivity index (χ4v) is 2.06. The maximum atomic E-state index is 8.84. The third-order valence-electron chi connectivity index (χ3n) is 3.07. The Hall–Kier alpha value is -3.15. The van der Waals surface area contributed by atoms with E-state index in [-0.39, 0.29) is 5.84 Å². The number of aromatic nitrogens is 3. The lowest BCUT2D eigenvalue weighted by molar-refractivity contribution is 0.318.